The normalized spacial score (nSPS) is 12.7. The Labute approximate surface area is 496 Å². The number of hydrogen-bond donors (Lipinski definition) is 0. The van der Waals surface area contributed by atoms with Crippen LogP contribution in [-0.2, 0) is 28.6 Å². The Morgan fingerprint density at radius 3 is 0.812 bits per heavy atom. The van der Waals surface area contributed by atoms with Crippen LogP contribution in [0.25, 0.3) is 0 Å². The van der Waals surface area contributed by atoms with Crippen molar-refractivity contribution in [2.24, 2.45) is 0 Å². The molecule has 0 saturated heterocycles. The number of allylic oxidation sites excluding steroid dienone is 16. The Bertz CT molecular complexity index is 1560. The van der Waals surface area contributed by atoms with Crippen LogP contribution in [0.3, 0.4) is 0 Å². The van der Waals surface area contributed by atoms with Gasteiger partial charge in [-0.3, -0.25) is 14.4 Å². The van der Waals surface area contributed by atoms with Crippen LogP contribution in [0.4, 0.5) is 0 Å². The standard InChI is InChI=1S/C74H128O6/c1-4-7-10-13-16-19-22-25-28-31-33-35-36-37-39-40-43-46-49-52-55-58-61-64-67-73(76)79-70-71(69-78-72(75)66-63-60-57-54-51-48-45-42-30-27-24-21-18-15-12-9-6-3)80-74(77)68-65-62-59-56-53-50-47-44-41-38-34-32-29-26-23-20-17-14-11-8-5-2/h9,12,18,21,23,26-27,30,32,34,41,44-45,48,54,57,71H,4-8,10-11,13-17,19-20,22,24-25,28-29,31,33,35-40,42-43,46-47,49-53,55-56,58-70H2,1-3H3/b12-9-,21-18-,26-23-,30-27-,34-32-,44-41-,48-45-,57-54-. The van der Waals surface area contributed by atoms with Crippen molar-refractivity contribution in [1.82, 2.24) is 0 Å². The summed E-state index contributed by atoms with van der Waals surface area (Å²) in [6.45, 7) is 6.50. The van der Waals surface area contributed by atoms with Gasteiger partial charge in [0.05, 0.1) is 0 Å². The molecule has 0 fully saturated rings. The quantitative estimate of drug-likeness (QED) is 0.0261. The molecule has 0 heterocycles. The summed E-state index contributed by atoms with van der Waals surface area (Å²) in [5.41, 5.74) is 0. The molecule has 0 saturated carbocycles. The topological polar surface area (TPSA) is 78.9 Å². The van der Waals surface area contributed by atoms with Crippen molar-refractivity contribution < 1.29 is 28.6 Å². The van der Waals surface area contributed by atoms with Gasteiger partial charge in [0.1, 0.15) is 13.2 Å². The van der Waals surface area contributed by atoms with Gasteiger partial charge in [-0.25, -0.2) is 0 Å². The van der Waals surface area contributed by atoms with Crippen LogP contribution >= 0.6 is 0 Å². The van der Waals surface area contributed by atoms with Crippen molar-refractivity contribution in [1.29, 1.82) is 0 Å². The lowest BCUT2D eigenvalue weighted by atomic mass is 10.0. The van der Waals surface area contributed by atoms with Gasteiger partial charge in [-0.05, 0) is 96.3 Å². The molecule has 0 rings (SSSR count). The maximum atomic E-state index is 12.9. The second-order valence-electron chi connectivity index (χ2n) is 22.7. The molecule has 0 N–H and O–H groups in total. The van der Waals surface area contributed by atoms with Crippen LogP contribution in [0.15, 0.2) is 97.2 Å². The summed E-state index contributed by atoms with van der Waals surface area (Å²) in [7, 11) is 0. The SMILES string of the molecule is CC/C=C\C/C=C\C/C=C\C/C=C\C/C=C\CCCC(=O)OCC(COC(=O)CCCCCCCCCCCCCCCCCCCCCCCCCC)OC(=O)CCCCCCCC/C=C\C/C=C\C/C=C\CCCCCCC. The van der Waals surface area contributed by atoms with Gasteiger partial charge in [0.2, 0.25) is 0 Å². The summed E-state index contributed by atoms with van der Waals surface area (Å²) >= 11 is 0. The maximum absolute atomic E-state index is 12.9. The number of carbonyl (C=O) groups excluding carboxylic acids is 3. The van der Waals surface area contributed by atoms with E-state index in [1.165, 1.54) is 186 Å². The third-order valence-corrected chi connectivity index (χ3v) is 14.8. The molecule has 80 heavy (non-hydrogen) atoms. The summed E-state index contributed by atoms with van der Waals surface area (Å²) in [5, 5.41) is 0. The van der Waals surface area contributed by atoms with Crippen LogP contribution in [0.2, 0.25) is 0 Å². The molecule has 0 bridgehead atoms. The molecule has 0 aliphatic heterocycles. The van der Waals surface area contributed by atoms with Crippen LogP contribution in [0.1, 0.15) is 335 Å². The number of hydrogen-bond acceptors (Lipinski definition) is 6. The van der Waals surface area contributed by atoms with Gasteiger partial charge in [-0.15, -0.1) is 0 Å². The largest absolute Gasteiger partial charge is 0.462 e. The molecular weight excluding hydrogens is 985 g/mol. The summed E-state index contributed by atoms with van der Waals surface area (Å²) in [5.74, 6) is -0.958. The Balaban J connectivity index is 4.41. The summed E-state index contributed by atoms with van der Waals surface area (Å²) < 4.78 is 16.9. The Morgan fingerprint density at radius 2 is 0.500 bits per heavy atom. The maximum Gasteiger partial charge on any atom is 0.306 e. The number of rotatable bonds is 62. The van der Waals surface area contributed by atoms with E-state index < -0.39 is 6.10 Å². The van der Waals surface area contributed by atoms with E-state index in [1.807, 2.05) is 0 Å². The molecule has 0 aliphatic rings. The van der Waals surface area contributed by atoms with Crippen molar-refractivity contribution in [3.63, 3.8) is 0 Å². The van der Waals surface area contributed by atoms with E-state index in [9.17, 15) is 14.4 Å². The molecule has 6 heteroatoms. The van der Waals surface area contributed by atoms with Gasteiger partial charge in [-0.2, -0.15) is 0 Å². The van der Waals surface area contributed by atoms with Gasteiger partial charge >= 0.3 is 17.9 Å². The van der Waals surface area contributed by atoms with E-state index in [0.29, 0.717) is 19.3 Å². The molecule has 0 aromatic carbocycles. The molecule has 0 aromatic heterocycles. The van der Waals surface area contributed by atoms with Gasteiger partial charge in [0, 0.05) is 19.3 Å². The lowest BCUT2D eigenvalue weighted by molar-refractivity contribution is -0.167. The Morgan fingerprint density at radius 1 is 0.263 bits per heavy atom. The van der Waals surface area contributed by atoms with E-state index in [4.69, 9.17) is 14.2 Å². The minimum Gasteiger partial charge on any atom is -0.462 e. The van der Waals surface area contributed by atoms with Gasteiger partial charge in [0.15, 0.2) is 6.10 Å². The van der Waals surface area contributed by atoms with Crippen LogP contribution < -0.4 is 0 Å². The number of carbonyl (C=O) groups is 3. The Kier molecular flexibility index (Phi) is 64.7. The van der Waals surface area contributed by atoms with Crippen LogP contribution in [0, 0.1) is 0 Å². The zero-order chi connectivity index (χ0) is 57.8. The molecule has 0 amide bonds. The fourth-order valence-electron chi connectivity index (χ4n) is 9.72. The summed E-state index contributed by atoms with van der Waals surface area (Å²) in [4.78, 5) is 38.4. The second kappa shape index (κ2) is 67.8. The van der Waals surface area contributed by atoms with E-state index in [-0.39, 0.29) is 37.5 Å². The lowest BCUT2D eigenvalue weighted by Crippen LogP contribution is -2.30. The first-order chi connectivity index (χ1) is 39.5. The van der Waals surface area contributed by atoms with Crippen LogP contribution in [-0.4, -0.2) is 37.2 Å². The highest BCUT2D eigenvalue weighted by Gasteiger charge is 2.19. The molecule has 6 nitrogen and oxygen atoms in total. The average molecular weight is 1110 g/mol. The van der Waals surface area contributed by atoms with Crippen molar-refractivity contribution in [2.45, 2.75) is 341 Å². The first-order valence-electron chi connectivity index (χ1n) is 34.2. The van der Waals surface area contributed by atoms with E-state index in [1.54, 1.807) is 0 Å². The van der Waals surface area contributed by atoms with E-state index in [2.05, 4.69) is 118 Å². The van der Waals surface area contributed by atoms with Gasteiger partial charge < -0.3 is 14.2 Å². The first-order valence-corrected chi connectivity index (χ1v) is 34.2. The molecule has 460 valence electrons. The third-order valence-electron chi connectivity index (χ3n) is 14.8. The predicted molar refractivity (Wildman–Crippen MR) is 348 cm³/mol. The smallest absolute Gasteiger partial charge is 0.306 e. The van der Waals surface area contributed by atoms with Crippen molar-refractivity contribution in [3.8, 4) is 0 Å². The van der Waals surface area contributed by atoms with E-state index >= 15 is 0 Å². The van der Waals surface area contributed by atoms with Crippen molar-refractivity contribution in [2.75, 3.05) is 13.2 Å². The highest BCUT2D eigenvalue weighted by Crippen LogP contribution is 2.17. The van der Waals surface area contributed by atoms with Gasteiger partial charge in [-0.1, -0.05) is 317 Å². The fraction of sp³-hybridized carbons (Fsp3) is 0.743. The zero-order valence-electron chi connectivity index (χ0n) is 52.8. The van der Waals surface area contributed by atoms with Crippen LogP contribution in [0.5, 0.6) is 0 Å². The number of ether oxygens (including phenoxy) is 3. The van der Waals surface area contributed by atoms with Gasteiger partial charge in [0.25, 0.3) is 0 Å². The molecule has 1 unspecified atom stereocenters. The molecule has 0 aromatic rings. The average Bonchev–Trinajstić information content (AvgIpc) is 3.46. The molecule has 0 spiro atoms. The first kappa shape index (κ1) is 76.3. The number of unbranched alkanes of at least 4 members (excludes halogenated alkanes) is 35. The predicted octanol–water partition coefficient (Wildman–Crippen LogP) is 23.6. The third kappa shape index (κ3) is 65.1. The number of esters is 3. The monoisotopic (exact) mass is 1110 g/mol. The second-order valence-corrected chi connectivity index (χ2v) is 22.7. The van der Waals surface area contributed by atoms with E-state index in [0.717, 1.165) is 103 Å². The molecule has 0 radical (unpaired) electrons. The van der Waals surface area contributed by atoms with Crippen molar-refractivity contribution >= 4 is 17.9 Å². The minimum absolute atomic E-state index is 0.0985. The highest BCUT2D eigenvalue weighted by atomic mass is 16.6. The summed E-state index contributed by atoms with van der Waals surface area (Å²) in [6.07, 6.45) is 91.5. The molecule has 1 atom stereocenters. The van der Waals surface area contributed by atoms with Crippen molar-refractivity contribution in [3.05, 3.63) is 97.2 Å². The fourth-order valence-corrected chi connectivity index (χ4v) is 9.72. The minimum atomic E-state index is -0.809. The molecular formula is C74H128O6. The summed E-state index contributed by atoms with van der Waals surface area (Å²) in [6, 6.07) is 0. The Hall–Kier alpha value is -3.67. The highest BCUT2D eigenvalue weighted by molar-refractivity contribution is 5.71. The lowest BCUT2D eigenvalue weighted by Gasteiger charge is -2.18. The zero-order valence-corrected chi connectivity index (χ0v) is 52.8. The molecule has 0 aliphatic carbocycles.